The maximum atomic E-state index is 13.5. The van der Waals surface area contributed by atoms with Crippen molar-refractivity contribution in [2.24, 2.45) is 5.41 Å². The van der Waals surface area contributed by atoms with Crippen LogP contribution in [0.4, 0.5) is 4.39 Å². The van der Waals surface area contributed by atoms with E-state index in [-0.39, 0.29) is 10.7 Å². The molecule has 0 aromatic heterocycles. The number of nitrogens with zero attached hydrogens (tertiary/aromatic N) is 1. The highest BCUT2D eigenvalue weighted by Gasteiger charge is 2.29. The highest BCUT2D eigenvalue weighted by atomic mass is 32.2. The van der Waals surface area contributed by atoms with Crippen molar-refractivity contribution in [3.05, 3.63) is 30.3 Å². The lowest BCUT2D eigenvalue weighted by molar-refractivity contribution is -0.131. The van der Waals surface area contributed by atoms with E-state index in [0.29, 0.717) is 13.0 Å². The van der Waals surface area contributed by atoms with E-state index in [1.165, 1.54) is 12.1 Å². The van der Waals surface area contributed by atoms with E-state index in [2.05, 4.69) is 4.90 Å². The van der Waals surface area contributed by atoms with Gasteiger partial charge in [-0.1, -0.05) is 52.8 Å². The van der Waals surface area contributed by atoms with Crippen LogP contribution in [0.1, 0.15) is 41.0 Å². The molecule has 0 saturated carbocycles. The monoisotopic (exact) mass is 375 g/mol. The molecule has 1 rings (SSSR count). The summed E-state index contributed by atoms with van der Waals surface area (Å²) in [6.07, 6.45) is -0.997. The van der Waals surface area contributed by atoms with Crippen molar-refractivity contribution in [3.8, 4) is 0 Å². The number of carbonyl (C=O) groups excluding carboxylic acids is 1. The van der Waals surface area contributed by atoms with Gasteiger partial charge in [0.1, 0.15) is 0 Å². The molecule has 144 valence electrons. The minimum Gasteiger partial charge on any atom is -0.304 e. The molecule has 0 saturated heterocycles. The molecular formula is C18H30FNO4S. The normalized spacial score (nSPS) is 13.1. The summed E-state index contributed by atoms with van der Waals surface area (Å²) in [5, 5.41) is 0. The number of Topliss-reactive ketones (excluding diaryl/α,β-unsaturated/α-hetero) is 1. The minimum absolute atomic E-state index is 0.0741. The molecule has 0 spiro atoms. The Kier molecular flexibility index (Phi) is 10.1. The molecule has 1 aromatic carbocycles. The topological polar surface area (TPSA) is 74.7 Å². The average molecular weight is 376 g/mol. The lowest BCUT2D eigenvalue weighted by atomic mass is 9.87. The van der Waals surface area contributed by atoms with Crippen LogP contribution in [0.25, 0.3) is 0 Å². The first-order valence-corrected chi connectivity index (χ1v) is 9.80. The SMILES string of the molecule is CCN(CC)CCC(F)C(=O)C(C)(C)C.O=S(=O)(O)c1ccccc1. The van der Waals surface area contributed by atoms with E-state index < -0.39 is 21.7 Å². The third-order valence-electron chi connectivity index (χ3n) is 3.66. The van der Waals surface area contributed by atoms with Gasteiger partial charge < -0.3 is 4.90 Å². The summed E-state index contributed by atoms with van der Waals surface area (Å²) in [7, 11) is -4.00. The predicted octanol–water partition coefficient (Wildman–Crippen LogP) is 3.60. The van der Waals surface area contributed by atoms with Crippen LogP contribution in [-0.2, 0) is 14.9 Å². The summed E-state index contributed by atoms with van der Waals surface area (Å²) in [6, 6.07) is 7.42. The van der Waals surface area contributed by atoms with Gasteiger partial charge in [-0.05, 0) is 31.6 Å². The number of ketones is 1. The van der Waals surface area contributed by atoms with E-state index in [0.717, 1.165) is 13.1 Å². The van der Waals surface area contributed by atoms with Crippen LogP contribution in [0.15, 0.2) is 35.2 Å². The van der Waals surface area contributed by atoms with Crippen LogP contribution in [0, 0.1) is 5.41 Å². The maximum Gasteiger partial charge on any atom is 0.294 e. The number of rotatable bonds is 7. The third kappa shape index (κ3) is 9.67. The summed E-state index contributed by atoms with van der Waals surface area (Å²) in [5.41, 5.74) is -0.567. The highest BCUT2D eigenvalue weighted by molar-refractivity contribution is 7.85. The quantitative estimate of drug-likeness (QED) is 0.737. The Morgan fingerprint density at radius 1 is 1.16 bits per heavy atom. The number of benzene rings is 1. The van der Waals surface area contributed by atoms with Crippen molar-refractivity contribution in [2.75, 3.05) is 19.6 Å². The Bertz CT molecular complexity index is 608. The molecule has 0 fully saturated rings. The highest BCUT2D eigenvalue weighted by Crippen LogP contribution is 2.20. The van der Waals surface area contributed by atoms with Gasteiger partial charge in [-0.3, -0.25) is 9.35 Å². The first-order chi connectivity index (χ1) is 11.4. The molecule has 0 aliphatic heterocycles. The molecule has 25 heavy (non-hydrogen) atoms. The summed E-state index contributed by atoms with van der Waals surface area (Å²) in [5.74, 6) is -0.283. The molecule has 7 heteroatoms. The molecule has 0 heterocycles. The van der Waals surface area contributed by atoms with E-state index in [9.17, 15) is 17.6 Å². The second-order valence-corrected chi connectivity index (χ2v) is 8.11. The van der Waals surface area contributed by atoms with Crippen molar-refractivity contribution in [1.29, 1.82) is 0 Å². The van der Waals surface area contributed by atoms with Gasteiger partial charge in [0, 0.05) is 12.0 Å². The van der Waals surface area contributed by atoms with Gasteiger partial charge in [-0.2, -0.15) is 8.42 Å². The lowest BCUT2D eigenvalue weighted by Gasteiger charge is -2.22. The average Bonchev–Trinajstić information content (AvgIpc) is 2.54. The lowest BCUT2D eigenvalue weighted by Crippen LogP contribution is -2.33. The van der Waals surface area contributed by atoms with E-state index in [1.54, 1.807) is 39.0 Å². The number of hydrogen-bond donors (Lipinski definition) is 1. The fraction of sp³-hybridized carbons (Fsp3) is 0.611. The fourth-order valence-electron chi connectivity index (χ4n) is 2.03. The van der Waals surface area contributed by atoms with Gasteiger partial charge in [-0.25, -0.2) is 4.39 Å². The van der Waals surface area contributed by atoms with Gasteiger partial charge >= 0.3 is 0 Å². The Hall–Kier alpha value is -1.31. The Labute approximate surface area is 151 Å². The number of hydrogen-bond acceptors (Lipinski definition) is 4. The molecule has 1 atom stereocenters. The number of carbonyl (C=O) groups is 1. The van der Waals surface area contributed by atoms with Crippen LogP contribution in [-0.4, -0.2) is 49.5 Å². The van der Waals surface area contributed by atoms with E-state index in [4.69, 9.17) is 4.55 Å². The largest absolute Gasteiger partial charge is 0.304 e. The third-order valence-corrected chi connectivity index (χ3v) is 4.53. The molecule has 5 nitrogen and oxygen atoms in total. The Morgan fingerprint density at radius 3 is 1.96 bits per heavy atom. The van der Waals surface area contributed by atoms with E-state index in [1.807, 2.05) is 13.8 Å². The van der Waals surface area contributed by atoms with Crippen molar-refractivity contribution in [3.63, 3.8) is 0 Å². The molecule has 0 aliphatic rings. The molecule has 0 bridgehead atoms. The first-order valence-electron chi connectivity index (χ1n) is 8.36. The second kappa shape index (κ2) is 10.6. The van der Waals surface area contributed by atoms with Gasteiger partial charge in [0.15, 0.2) is 12.0 Å². The second-order valence-electron chi connectivity index (χ2n) is 6.69. The van der Waals surface area contributed by atoms with Crippen LogP contribution < -0.4 is 0 Å². The van der Waals surface area contributed by atoms with Crippen molar-refractivity contribution < 1.29 is 22.2 Å². The van der Waals surface area contributed by atoms with Crippen molar-refractivity contribution in [2.45, 2.75) is 52.1 Å². The van der Waals surface area contributed by atoms with Crippen LogP contribution >= 0.6 is 0 Å². The molecule has 0 amide bonds. The summed E-state index contributed by atoms with van der Waals surface area (Å²) in [6.45, 7) is 11.9. The zero-order chi connectivity index (χ0) is 19.7. The molecule has 1 unspecified atom stereocenters. The maximum absolute atomic E-state index is 13.5. The summed E-state index contributed by atoms with van der Waals surface area (Å²) >= 11 is 0. The van der Waals surface area contributed by atoms with Gasteiger partial charge in [0.05, 0.1) is 4.90 Å². The smallest absolute Gasteiger partial charge is 0.294 e. The van der Waals surface area contributed by atoms with Crippen molar-refractivity contribution >= 4 is 15.9 Å². The minimum atomic E-state index is -4.00. The Morgan fingerprint density at radius 2 is 1.64 bits per heavy atom. The first kappa shape index (κ1) is 23.7. The fourth-order valence-corrected chi connectivity index (χ4v) is 2.53. The molecular weight excluding hydrogens is 345 g/mol. The standard InChI is InChI=1S/C12H24FNO.C6H6O3S/c1-6-14(7-2)9-8-10(13)11(15)12(3,4)5;7-10(8,9)6-4-2-1-3-5-6/h10H,6-9H2,1-5H3;1-5H,(H,7,8,9). The molecule has 1 N–H and O–H groups in total. The molecule has 0 aliphatic carbocycles. The summed E-state index contributed by atoms with van der Waals surface area (Å²) < 4.78 is 42.8. The zero-order valence-electron chi connectivity index (χ0n) is 15.7. The number of halogens is 1. The Balaban J connectivity index is 0.000000496. The van der Waals surface area contributed by atoms with Crippen molar-refractivity contribution in [1.82, 2.24) is 4.90 Å². The predicted molar refractivity (Wildman–Crippen MR) is 98.0 cm³/mol. The number of alkyl halides is 1. The van der Waals surface area contributed by atoms with Crippen LogP contribution in [0.5, 0.6) is 0 Å². The van der Waals surface area contributed by atoms with Gasteiger partial charge in [0.2, 0.25) is 0 Å². The molecule has 1 aromatic rings. The van der Waals surface area contributed by atoms with Gasteiger partial charge in [-0.15, -0.1) is 0 Å². The summed E-state index contributed by atoms with van der Waals surface area (Å²) in [4.78, 5) is 13.6. The van der Waals surface area contributed by atoms with Crippen LogP contribution in [0.3, 0.4) is 0 Å². The molecule has 0 radical (unpaired) electrons. The zero-order valence-corrected chi connectivity index (χ0v) is 16.5. The van der Waals surface area contributed by atoms with Crippen LogP contribution in [0.2, 0.25) is 0 Å². The van der Waals surface area contributed by atoms with E-state index >= 15 is 0 Å². The van der Waals surface area contributed by atoms with Gasteiger partial charge in [0.25, 0.3) is 10.1 Å².